The molecule has 0 N–H and O–H groups in total. The van der Waals surface area contributed by atoms with E-state index >= 15 is 0 Å². The summed E-state index contributed by atoms with van der Waals surface area (Å²) in [6, 6.07) is 65.3. The minimum absolute atomic E-state index is 0.593. The van der Waals surface area contributed by atoms with Crippen molar-refractivity contribution in [3.8, 4) is 45.5 Å². The summed E-state index contributed by atoms with van der Waals surface area (Å²) in [5.74, 6) is 1.83. The molecule has 57 heavy (non-hydrogen) atoms. The second kappa shape index (κ2) is 12.3. The molecule has 0 unspecified atom stereocenters. The Bertz CT molecular complexity index is 3450. The Morgan fingerprint density at radius 1 is 0.333 bits per heavy atom. The van der Waals surface area contributed by atoms with Crippen molar-refractivity contribution in [2.24, 2.45) is 0 Å². The van der Waals surface area contributed by atoms with Gasteiger partial charge < -0.3 is 13.6 Å². The van der Waals surface area contributed by atoms with Gasteiger partial charge in [0.1, 0.15) is 0 Å². The summed E-state index contributed by atoms with van der Waals surface area (Å²) in [5.41, 5.74) is 10.7. The Morgan fingerprint density at radius 2 is 0.772 bits per heavy atom. The molecule has 0 aliphatic carbocycles. The second-order valence-electron chi connectivity index (χ2n) is 14.4. The first kappa shape index (κ1) is 31.5. The summed E-state index contributed by atoms with van der Waals surface area (Å²) in [6.07, 6.45) is 0. The van der Waals surface area contributed by atoms with Crippen LogP contribution in [-0.2, 0) is 0 Å². The zero-order chi connectivity index (χ0) is 37.5. The van der Waals surface area contributed by atoms with Crippen LogP contribution in [0, 0.1) is 0 Å². The quantitative estimate of drug-likeness (QED) is 0.177. The average molecular weight is 730 g/mol. The highest BCUT2D eigenvalue weighted by Gasteiger charge is 2.24. The number of benzene rings is 8. The Hall–Kier alpha value is -7.83. The van der Waals surface area contributed by atoms with Crippen molar-refractivity contribution in [1.82, 2.24) is 24.1 Å². The van der Waals surface area contributed by atoms with E-state index in [1.165, 1.54) is 5.39 Å². The third kappa shape index (κ3) is 4.74. The molecule has 12 rings (SSSR count). The molecule has 4 heterocycles. The summed E-state index contributed by atoms with van der Waals surface area (Å²) < 4.78 is 12.0. The van der Waals surface area contributed by atoms with Crippen LogP contribution in [0.3, 0.4) is 0 Å². The molecular weight excluding hydrogens is 699 g/mol. The summed E-state index contributed by atoms with van der Waals surface area (Å²) >= 11 is 0. The number of hydrogen-bond acceptors (Lipinski definition) is 4. The van der Waals surface area contributed by atoms with E-state index in [1.54, 1.807) is 0 Å². The van der Waals surface area contributed by atoms with E-state index in [0.717, 1.165) is 88.2 Å². The predicted molar refractivity (Wildman–Crippen MR) is 232 cm³/mol. The van der Waals surface area contributed by atoms with Crippen molar-refractivity contribution in [2.75, 3.05) is 0 Å². The largest absolute Gasteiger partial charge is 0.452 e. The molecule has 4 aromatic heterocycles. The third-order valence-electron chi connectivity index (χ3n) is 11.2. The van der Waals surface area contributed by atoms with Crippen LogP contribution < -0.4 is 0 Å². The van der Waals surface area contributed by atoms with Gasteiger partial charge in [-0.2, -0.15) is 0 Å². The first-order valence-electron chi connectivity index (χ1n) is 19.1. The fourth-order valence-corrected chi connectivity index (χ4v) is 8.67. The fourth-order valence-electron chi connectivity index (χ4n) is 8.67. The molecule has 0 fully saturated rings. The van der Waals surface area contributed by atoms with E-state index in [4.69, 9.17) is 19.4 Å². The predicted octanol–water partition coefficient (Wildman–Crippen LogP) is 13.0. The Balaban J connectivity index is 1.18. The van der Waals surface area contributed by atoms with Gasteiger partial charge in [0.25, 0.3) is 0 Å². The van der Waals surface area contributed by atoms with Gasteiger partial charge in [-0.3, -0.25) is 0 Å². The lowest BCUT2D eigenvalue weighted by Crippen LogP contribution is -2.03. The van der Waals surface area contributed by atoms with Crippen LogP contribution in [0.1, 0.15) is 0 Å². The van der Waals surface area contributed by atoms with Crippen molar-refractivity contribution >= 4 is 65.6 Å². The molecule has 0 aliphatic rings. The molecular formula is C51H31N5O. The zero-order valence-corrected chi connectivity index (χ0v) is 30.5. The standard InChI is InChI=1S/C51H31N5O/c1-4-16-32(17-5-1)49-52-50(33-18-6-2-7-19-33)54-51(53-49)41-24-12-15-27-44(41)56-43-26-14-11-23-36(43)38-29-31-40-39-30-28-37-35-22-10-13-25-42(35)55(34-20-8-3-9-21-34)45(37)47(39)57-48(40)46(38)56/h1-31H. The molecule has 0 spiro atoms. The Morgan fingerprint density at radius 3 is 1.37 bits per heavy atom. The van der Waals surface area contributed by atoms with Gasteiger partial charge in [-0.05, 0) is 48.5 Å². The number of fused-ring (bicyclic) bond motifs is 11. The molecule has 6 nitrogen and oxygen atoms in total. The zero-order valence-electron chi connectivity index (χ0n) is 30.5. The van der Waals surface area contributed by atoms with Crippen LogP contribution >= 0.6 is 0 Å². The monoisotopic (exact) mass is 729 g/mol. The lowest BCUT2D eigenvalue weighted by Gasteiger charge is -2.14. The Kier molecular flexibility index (Phi) is 6.83. The molecule has 0 saturated carbocycles. The number of aromatic nitrogens is 5. The highest BCUT2D eigenvalue weighted by Crippen LogP contribution is 2.45. The number of rotatable bonds is 5. The van der Waals surface area contributed by atoms with Gasteiger partial charge in [0.05, 0.1) is 27.8 Å². The lowest BCUT2D eigenvalue weighted by atomic mass is 10.1. The first-order valence-corrected chi connectivity index (χ1v) is 19.1. The molecule has 0 atom stereocenters. The average Bonchev–Trinajstić information content (AvgIpc) is 3.95. The van der Waals surface area contributed by atoms with Crippen molar-refractivity contribution in [3.05, 3.63) is 188 Å². The molecule has 8 aromatic carbocycles. The van der Waals surface area contributed by atoms with E-state index in [-0.39, 0.29) is 0 Å². The highest BCUT2D eigenvalue weighted by atomic mass is 16.3. The van der Waals surface area contributed by atoms with Crippen molar-refractivity contribution in [1.29, 1.82) is 0 Å². The van der Waals surface area contributed by atoms with Gasteiger partial charge in [0.2, 0.25) is 0 Å². The molecule has 0 bridgehead atoms. The van der Waals surface area contributed by atoms with Gasteiger partial charge in [0, 0.05) is 54.7 Å². The summed E-state index contributed by atoms with van der Waals surface area (Å²) in [5, 5.41) is 6.72. The molecule has 266 valence electrons. The Labute approximate surface area is 326 Å². The van der Waals surface area contributed by atoms with Gasteiger partial charge in [0.15, 0.2) is 28.6 Å². The SMILES string of the molecule is c1ccc(-c2nc(-c3ccccc3)nc(-c3ccccc3-n3c4ccccc4c4ccc5c6ccc7c8ccccc8n(-c8ccccc8)c7c6oc5c43)n2)cc1. The third-order valence-corrected chi connectivity index (χ3v) is 11.2. The molecule has 12 aromatic rings. The number of nitrogens with zero attached hydrogens (tertiary/aromatic N) is 5. The van der Waals surface area contributed by atoms with Crippen molar-refractivity contribution < 1.29 is 4.42 Å². The van der Waals surface area contributed by atoms with Crippen LogP contribution in [0.25, 0.3) is 111 Å². The smallest absolute Gasteiger partial charge is 0.166 e. The maximum atomic E-state index is 7.28. The maximum Gasteiger partial charge on any atom is 0.166 e. The summed E-state index contributed by atoms with van der Waals surface area (Å²) in [4.78, 5) is 15.3. The highest BCUT2D eigenvalue weighted by molar-refractivity contribution is 6.26. The van der Waals surface area contributed by atoms with Crippen LogP contribution in [0.15, 0.2) is 192 Å². The number of hydrogen-bond donors (Lipinski definition) is 0. The molecule has 0 aliphatic heterocycles. The van der Waals surface area contributed by atoms with E-state index in [9.17, 15) is 0 Å². The molecule has 6 heteroatoms. The van der Waals surface area contributed by atoms with Crippen molar-refractivity contribution in [3.63, 3.8) is 0 Å². The summed E-state index contributed by atoms with van der Waals surface area (Å²) in [6.45, 7) is 0. The minimum atomic E-state index is 0.593. The van der Waals surface area contributed by atoms with Gasteiger partial charge in [-0.25, -0.2) is 15.0 Å². The fraction of sp³-hybridized carbons (Fsp3) is 0. The van der Waals surface area contributed by atoms with E-state index in [2.05, 4.69) is 137 Å². The normalized spacial score (nSPS) is 11.9. The second-order valence-corrected chi connectivity index (χ2v) is 14.4. The lowest BCUT2D eigenvalue weighted by molar-refractivity contribution is 0.673. The number of furan rings is 1. The first-order chi connectivity index (χ1) is 28.3. The van der Waals surface area contributed by atoms with Gasteiger partial charge >= 0.3 is 0 Å². The number of para-hydroxylation sites is 4. The van der Waals surface area contributed by atoms with Crippen LogP contribution in [-0.4, -0.2) is 24.1 Å². The summed E-state index contributed by atoms with van der Waals surface area (Å²) in [7, 11) is 0. The molecule has 0 saturated heterocycles. The van der Waals surface area contributed by atoms with Crippen LogP contribution in [0.4, 0.5) is 0 Å². The van der Waals surface area contributed by atoms with Crippen LogP contribution in [0.2, 0.25) is 0 Å². The van der Waals surface area contributed by atoms with Gasteiger partial charge in [-0.15, -0.1) is 0 Å². The minimum Gasteiger partial charge on any atom is -0.452 e. The van der Waals surface area contributed by atoms with E-state index in [1.807, 2.05) is 60.7 Å². The molecule has 0 amide bonds. The molecule has 0 radical (unpaired) electrons. The van der Waals surface area contributed by atoms with Gasteiger partial charge in [-0.1, -0.05) is 140 Å². The van der Waals surface area contributed by atoms with E-state index in [0.29, 0.717) is 17.5 Å². The van der Waals surface area contributed by atoms with Crippen molar-refractivity contribution in [2.45, 2.75) is 0 Å². The topological polar surface area (TPSA) is 61.7 Å². The maximum absolute atomic E-state index is 7.28. The van der Waals surface area contributed by atoms with E-state index < -0.39 is 0 Å². The van der Waals surface area contributed by atoms with Crippen LogP contribution in [0.5, 0.6) is 0 Å².